The third kappa shape index (κ3) is 2.18. The van der Waals surface area contributed by atoms with E-state index in [0.717, 1.165) is 32.4 Å². The maximum absolute atomic E-state index is 11.1. The number of nitrogens with zero attached hydrogens (tertiary/aromatic N) is 4. The van der Waals surface area contributed by atoms with Crippen molar-refractivity contribution in [1.82, 2.24) is 15.1 Å². The van der Waals surface area contributed by atoms with E-state index in [0.29, 0.717) is 17.9 Å². The van der Waals surface area contributed by atoms with Crippen LogP contribution in [-0.4, -0.2) is 39.9 Å². The molecule has 2 atom stereocenters. The second kappa shape index (κ2) is 4.80. The number of rotatable bonds is 3. The Balaban J connectivity index is 1.89. The van der Waals surface area contributed by atoms with Gasteiger partial charge < -0.3 is 10.2 Å². The van der Waals surface area contributed by atoms with Crippen molar-refractivity contribution >= 4 is 11.5 Å². The second-order valence-corrected chi connectivity index (χ2v) is 5.37. The van der Waals surface area contributed by atoms with Crippen molar-refractivity contribution in [3.05, 3.63) is 16.3 Å². The lowest BCUT2D eigenvalue weighted by Gasteiger charge is -2.29. The van der Waals surface area contributed by atoms with Crippen molar-refractivity contribution in [3.8, 4) is 0 Å². The van der Waals surface area contributed by atoms with E-state index in [-0.39, 0.29) is 10.6 Å². The molecule has 0 bridgehead atoms. The molecule has 2 fully saturated rings. The van der Waals surface area contributed by atoms with Crippen molar-refractivity contribution in [1.29, 1.82) is 0 Å². The van der Waals surface area contributed by atoms with Crippen LogP contribution in [0.5, 0.6) is 0 Å². The molecule has 2 unspecified atom stereocenters. The fraction of sp³-hybridized carbons (Fsp3) is 0.750. The zero-order chi connectivity index (χ0) is 13.4. The molecule has 0 aromatic carbocycles. The van der Waals surface area contributed by atoms with Crippen LogP contribution in [0.25, 0.3) is 0 Å². The number of nitro groups is 1. The minimum atomic E-state index is -0.334. The third-order valence-corrected chi connectivity index (χ3v) is 4.12. The molecular weight excluding hydrogens is 246 g/mol. The lowest BCUT2D eigenvalue weighted by atomic mass is 10.0. The summed E-state index contributed by atoms with van der Waals surface area (Å²) >= 11 is 0. The maximum Gasteiger partial charge on any atom is 0.330 e. The molecule has 0 saturated carbocycles. The normalized spacial score (nSPS) is 27.1. The minimum absolute atomic E-state index is 0.118. The highest BCUT2D eigenvalue weighted by atomic mass is 16.6. The van der Waals surface area contributed by atoms with Crippen molar-refractivity contribution in [3.63, 3.8) is 0 Å². The van der Waals surface area contributed by atoms with Gasteiger partial charge in [0.25, 0.3) is 0 Å². The Kier molecular flexibility index (Phi) is 3.14. The summed E-state index contributed by atoms with van der Waals surface area (Å²) in [5.74, 6) is 0.531. The standard InChI is InChI=1S/C12H19N5O2/c1-15-8-11(17(18)19)12(14-15)16-7-3-5-10(16)9-4-2-6-13-9/h8-10,13H,2-7H2,1H3. The summed E-state index contributed by atoms with van der Waals surface area (Å²) < 4.78 is 1.53. The van der Waals surface area contributed by atoms with E-state index in [1.807, 2.05) is 0 Å². The second-order valence-electron chi connectivity index (χ2n) is 5.37. The minimum Gasteiger partial charge on any atom is -0.345 e. The van der Waals surface area contributed by atoms with Crippen LogP contribution in [-0.2, 0) is 7.05 Å². The molecule has 0 spiro atoms. The van der Waals surface area contributed by atoms with Crippen LogP contribution < -0.4 is 10.2 Å². The fourth-order valence-electron chi connectivity index (χ4n) is 3.31. The molecule has 2 aliphatic heterocycles. The number of hydrogen-bond donors (Lipinski definition) is 1. The Bertz CT molecular complexity index is 480. The van der Waals surface area contributed by atoms with E-state index in [9.17, 15) is 10.1 Å². The molecule has 0 aliphatic carbocycles. The Morgan fingerprint density at radius 1 is 1.47 bits per heavy atom. The SMILES string of the molecule is Cn1cc([N+](=O)[O-])c(N2CCCC2C2CCCN2)n1. The van der Waals surface area contributed by atoms with Gasteiger partial charge in [0, 0.05) is 25.7 Å². The quantitative estimate of drug-likeness (QED) is 0.653. The van der Waals surface area contributed by atoms with E-state index in [1.165, 1.54) is 17.3 Å². The number of aromatic nitrogens is 2. The van der Waals surface area contributed by atoms with Gasteiger partial charge in [-0.05, 0) is 32.2 Å². The van der Waals surface area contributed by atoms with E-state index >= 15 is 0 Å². The predicted octanol–water partition coefficient (Wildman–Crippen LogP) is 1.05. The average molecular weight is 265 g/mol. The van der Waals surface area contributed by atoms with Gasteiger partial charge in [0.05, 0.1) is 4.92 Å². The van der Waals surface area contributed by atoms with Crippen LogP contribution in [0.2, 0.25) is 0 Å². The molecule has 7 nitrogen and oxygen atoms in total. The van der Waals surface area contributed by atoms with Gasteiger partial charge in [-0.3, -0.25) is 14.8 Å². The van der Waals surface area contributed by atoms with Crippen molar-refractivity contribution in [2.45, 2.75) is 37.8 Å². The third-order valence-electron chi connectivity index (χ3n) is 4.12. The summed E-state index contributed by atoms with van der Waals surface area (Å²) in [6.45, 7) is 1.92. The van der Waals surface area contributed by atoms with Crippen LogP contribution in [0.3, 0.4) is 0 Å². The summed E-state index contributed by atoms with van der Waals surface area (Å²) in [4.78, 5) is 12.9. The highest BCUT2D eigenvalue weighted by Gasteiger charge is 2.37. The van der Waals surface area contributed by atoms with Gasteiger partial charge in [-0.15, -0.1) is 5.10 Å². The number of hydrogen-bond acceptors (Lipinski definition) is 5. The first-order chi connectivity index (χ1) is 9.16. The molecule has 1 N–H and O–H groups in total. The number of anilines is 1. The largest absolute Gasteiger partial charge is 0.345 e. The first kappa shape index (κ1) is 12.4. The van der Waals surface area contributed by atoms with Gasteiger partial charge in [-0.25, -0.2) is 0 Å². The molecule has 3 heterocycles. The number of aryl methyl sites for hydroxylation is 1. The van der Waals surface area contributed by atoms with Crippen molar-refractivity contribution in [2.24, 2.45) is 7.05 Å². The van der Waals surface area contributed by atoms with Gasteiger partial charge >= 0.3 is 5.69 Å². The zero-order valence-corrected chi connectivity index (χ0v) is 11.1. The Morgan fingerprint density at radius 2 is 2.32 bits per heavy atom. The topological polar surface area (TPSA) is 76.2 Å². The van der Waals surface area contributed by atoms with E-state index in [1.54, 1.807) is 7.05 Å². The van der Waals surface area contributed by atoms with E-state index in [4.69, 9.17) is 0 Å². The Morgan fingerprint density at radius 3 is 3.00 bits per heavy atom. The van der Waals surface area contributed by atoms with Gasteiger partial charge in [-0.1, -0.05) is 0 Å². The van der Waals surface area contributed by atoms with Crippen LogP contribution in [0.15, 0.2) is 6.20 Å². The molecule has 104 valence electrons. The van der Waals surface area contributed by atoms with E-state index < -0.39 is 0 Å². The molecule has 0 radical (unpaired) electrons. The van der Waals surface area contributed by atoms with Gasteiger partial charge in [-0.2, -0.15) is 0 Å². The lowest BCUT2D eigenvalue weighted by Crippen LogP contribution is -2.44. The highest BCUT2D eigenvalue weighted by molar-refractivity contribution is 5.58. The lowest BCUT2D eigenvalue weighted by molar-refractivity contribution is -0.384. The molecule has 2 aliphatic rings. The smallest absolute Gasteiger partial charge is 0.330 e. The van der Waals surface area contributed by atoms with Crippen LogP contribution in [0.4, 0.5) is 11.5 Å². The predicted molar refractivity (Wildman–Crippen MR) is 71.3 cm³/mol. The molecule has 19 heavy (non-hydrogen) atoms. The monoisotopic (exact) mass is 265 g/mol. The summed E-state index contributed by atoms with van der Waals surface area (Å²) in [7, 11) is 1.73. The summed E-state index contributed by atoms with van der Waals surface area (Å²) in [6.07, 6.45) is 6.01. The molecule has 0 amide bonds. The van der Waals surface area contributed by atoms with Crippen molar-refractivity contribution < 1.29 is 4.92 Å². The van der Waals surface area contributed by atoms with Crippen LogP contribution in [0.1, 0.15) is 25.7 Å². The van der Waals surface area contributed by atoms with E-state index in [2.05, 4.69) is 15.3 Å². The summed E-state index contributed by atoms with van der Waals surface area (Å²) in [5.41, 5.74) is 0.118. The molecule has 2 saturated heterocycles. The molecule has 7 heteroatoms. The van der Waals surface area contributed by atoms with Crippen LogP contribution in [0, 0.1) is 10.1 Å². The molecule has 3 rings (SSSR count). The Hall–Kier alpha value is -1.63. The van der Waals surface area contributed by atoms with Crippen molar-refractivity contribution in [2.75, 3.05) is 18.0 Å². The van der Waals surface area contributed by atoms with Gasteiger partial charge in [0.2, 0.25) is 5.82 Å². The summed E-state index contributed by atoms with van der Waals surface area (Å²) in [5, 5.41) is 18.9. The fourth-order valence-corrected chi connectivity index (χ4v) is 3.31. The van der Waals surface area contributed by atoms with Gasteiger partial charge in [0.15, 0.2) is 0 Å². The first-order valence-electron chi connectivity index (χ1n) is 6.85. The zero-order valence-electron chi connectivity index (χ0n) is 11.1. The molecular formula is C12H19N5O2. The Labute approximate surface area is 111 Å². The van der Waals surface area contributed by atoms with Gasteiger partial charge in [0.1, 0.15) is 6.20 Å². The maximum atomic E-state index is 11.1. The molecule has 1 aromatic heterocycles. The molecule has 1 aromatic rings. The van der Waals surface area contributed by atoms with Crippen LogP contribution >= 0.6 is 0 Å². The number of nitrogens with one attached hydrogen (secondary N) is 1. The summed E-state index contributed by atoms with van der Waals surface area (Å²) in [6, 6.07) is 0.792. The first-order valence-corrected chi connectivity index (χ1v) is 6.85. The average Bonchev–Trinajstić information content (AvgIpc) is 3.07. The highest BCUT2D eigenvalue weighted by Crippen LogP contribution is 2.34.